The van der Waals surface area contributed by atoms with E-state index in [1.807, 2.05) is 32.9 Å². The van der Waals surface area contributed by atoms with Gasteiger partial charge in [-0.2, -0.15) is 8.42 Å². The van der Waals surface area contributed by atoms with Crippen LogP contribution in [0.25, 0.3) is 0 Å². The van der Waals surface area contributed by atoms with Crippen LogP contribution in [-0.4, -0.2) is 30.1 Å². The highest BCUT2D eigenvalue weighted by Gasteiger charge is 2.28. The molecule has 194 valence electrons. The van der Waals surface area contributed by atoms with Crippen molar-refractivity contribution in [3.8, 4) is 11.6 Å². The van der Waals surface area contributed by atoms with Crippen molar-refractivity contribution in [1.82, 2.24) is 14.7 Å². The van der Waals surface area contributed by atoms with Gasteiger partial charge in [-0.15, -0.1) is 0 Å². The van der Waals surface area contributed by atoms with Crippen molar-refractivity contribution in [1.29, 1.82) is 0 Å². The van der Waals surface area contributed by atoms with Crippen molar-refractivity contribution in [2.45, 2.75) is 64.3 Å². The van der Waals surface area contributed by atoms with Crippen molar-refractivity contribution in [2.75, 3.05) is 0 Å². The van der Waals surface area contributed by atoms with Crippen LogP contribution in [0.3, 0.4) is 0 Å². The Bertz CT molecular complexity index is 1410. The van der Waals surface area contributed by atoms with Gasteiger partial charge < -0.3 is 4.74 Å². The van der Waals surface area contributed by atoms with Gasteiger partial charge in [0.25, 0.3) is 15.9 Å². The summed E-state index contributed by atoms with van der Waals surface area (Å²) >= 11 is 0. The van der Waals surface area contributed by atoms with Crippen LogP contribution in [0.1, 0.15) is 71.3 Å². The molecular weight excluding hydrogens is 490 g/mol. The minimum absolute atomic E-state index is 0.0000491. The van der Waals surface area contributed by atoms with E-state index in [9.17, 15) is 18.0 Å². The number of carbonyl (C=O) groups excluding carboxylic acids is 2. The summed E-state index contributed by atoms with van der Waals surface area (Å²) in [6.45, 7) is 7.44. The van der Waals surface area contributed by atoms with E-state index in [0.29, 0.717) is 5.75 Å². The number of hydrogen-bond donors (Lipinski definition) is 1. The minimum Gasteiger partial charge on any atom is -0.438 e. The Labute approximate surface area is 217 Å². The first kappa shape index (κ1) is 26.5. The first-order valence-corrected chi connectivity index (χ1v) is 13.8. The van der Waals surface area contributed by atoms with Gasteiger partial charge in [0.2, 0.25) is 5.88 Å². The lowest BCUT2D eigenvalue weighted by Gasteiger charge is -2.27. The largest absolute Gasteiger partial charge is 0.438 e. The molecule has 8 nitrogen and oxygen atoms in total. The Hall–Kier alpha value is -3.59. The van der Waals surface area contributed by atoms with Gasteiger partial charge in [-0.05, 0) is 88.8 Å². The maximum absolute atomic E-state index is 13.2. The first-order chi connectivity index (χ1) is 17.5. The van der Waals surface area contributed by atoms with Crippen molar-refractivity contribution < 1.29 is 22.7 Å². The molecule has 1 aromatic carbocycles. The number of carbonyl (C=O) groups is 2. The van der Waals surface area contributed by atoms with Crippen molar-refractivity contribution in [3.63, 3.8) is 0 Å². The number of pyridine rings is 2. The Balaban J connectivity index is 1.69. The Morgan fingerprint density at radius 3 is 2.24 bits per heavy atom. The fraction of sp³-hybridized carbons (Fsp3) is 0.357. The molecule has 2 aromatic heterocycles. The van der Waals surface area contributed by atoms with E-state index in [2.05, 4.69) is 9.71 Å². The number of Topliss-reactive ketones (excluding diaryl/α,β-unsaturated/α-hetero) is 1. The van der Waals surface area contributed by atoms with Crippen molar-refractivity contribution >= 4 is 21.7 Å². The molecule has 1 amide bonds. The minimum atomic E-state index is -4.19. The lowest BCUT2D eigenvalue weighted by molar-refractivity contribution is -0.121. The fourth-order valence-electron chi connectivity index (χ4n) is 4.89. The summed E-state index contributed by atoms with van der Waals surface area (Å²) in [5.74, 6) is 0.149. The van der Waals surface area contributed by atoms with E-state index < -0.39 is 15.9 Å². The van der Waals surface area contributed by atoms with Crippen LogP contribution in [0, 0.1) is 26.7 Å². The molecule has 0 atom stereocenters. The number of rotatable bonds is 7. The number of nitrogens with one attached hydrogen (secondary N) is 1. The standard InChI is InChI=1S/C28H31N3O5S/c1-17-15-18(2)26(19(3)16-17)36-28-23(27(33)31-37(34,35)25-7-5-6-14-29-25)12-13-24(30-28)22-10-8-21(9-11-22)20(4)32/h5-7,12-16,21-22H,8-11H2,1-4H3,(H,31,33). The summed E-state index contributed by atoms with van der Waals surface area (Å²) in [7, 11) is -4.19. The molecule has 0 bridgehead atoms. The van der Waals surface area contributed by atoms with Crippen molar-refractivity contribution in [2.24, 2.45) is 5.92 Å². The monoisotopic (exact) mass is 521 g/mol. The number of benzene rings is 1. The summed E-state index contributed by atoms with van der Waals surface area (Å²) in [4.78, 5) is 33.5. The van der Waals surface area contributed by atoms with Crippen LogP contribution in [0.15, 0.2) is 53.7 Å². The number of ether oxygens (including phenoxy) is 1. The molecule has 1 N–H and O–H groups in total. The number of sulfonamides is 1. The number of nitrogens with zero attached hydrogens (tertiary/aromatic N) is 2. The summed E-state index contributed by atoms with van der Waals surface area (Å²) in [6, 6.07) is 11.7. The number of amides is 1. The zero-order valence-corrected chi connectivity index (χ0v) is 22.3. The maximum atomic E-state index is 13.2. The van der Waals surface area contributed by atoms with Gasteiger partial charge in [0.15, 0.2) is 5.03 Å². The number of aromatic nitrogens is 2. The molecule has 0 spiro atoms. The third-order valence-corrected chi connectivity index (χ3v) is 8.04. The smallest absolute Gasteiger partial charge is 0.281 e. The molecule has 1 fully saturated rings. The molecule has 0 radical (unpaired) electrons. The molecule has 9 heteroatoms. The summed E-state index contributed by atoms with van der Waals surface area (Å²) in [6.07, 6.45) is 4.53. The van der Waals surface area contributed by atoms with Crippen LogP contribution >= 0.6 is 0 Å². The van der Waals surface area contributed by atoms with Crippen molar-refractivity contribution in [3.05, 3.63) is 76.6 Å². The molecule has 0 aliphatic heterocycles. The molecule has 3 aromatic rings. The van der Waals surface area contributed by atoms with E-state index in [0.717, 1.165) is 48.1 Å². The average molecular weight is 522 g/mol. The van der Waals surface area contributed by atoms with Gasteiger partial charge in [-0.3, -0.25) is 9.59 Å². The molecule has 37 heavy (non-hydrogen) atoms. The third-order valence-electron chi connectivity index (χ3n) is 6.79. The Morgan fingerprint density at radius 2 is 1.65 bits per heavy atom. The lowest BCUT2D eigenvalue weighted by Crippen LogP contribution is -2.31. The van der Waals surface area contributed by atoms with Crippen LogP contribution in [0.2, 0.25) is 0 Å². The van der Waals surface area contributed by atoms with Crippen LogP contribution in [0.5, 0.6) is 11.6 Å². The summed E-state index contributed by atoms with van der Waals surface area (Å²) < 4.78 is 33.8. The Kier molecular flexibility index (Phi) is 7.73. The second kappa shape index (κ2) is 10.8. The van der Waals surface area contributed by atoms with E-state index in [-0.39, 0.29) is 34.1 Å². The van der Waals surface area contributed by atoms with Gasteiger partial charge in [0.05, 0.1) is 0 Å². The van der Waals surface area contributed by atoms with Gasteiger partial charge in [0, 0.05) is 23.7 Å². The molecule has 1 saturated carbocycles. The fourth-order valence-corrected chi connectivity index (χ4v) is 5.80. The van der Waals surface area contributed by atoms with Gasteiger partial charge in [0.1, 0.15) is 17.1 Å². The quantitative estimate of drug-likeness (QED) is 0.456. The first-order valence-electron chi connectivity index (χ1n) is 12.3. The predicted molar refractivity (Wildman–Crippen MR) is 139 cm³/mol. The van der Waals surface area contributed by atoms with Gasteiger partial charge in [-0.25, -0.2) is 14.7 Å². The Morgan fingerprint density at radius 1 is 0.973 bits per heavy atom. The predicted octanol–water partition coefficient (Wildman–Crippen LogP) is 5.18. The van der Waals surface area contributed by atoms with Crippen LogP contribution in [0.4, 0.5) is 0 Å². The molecule has 2 heterocycles. The van der Waals surface area contributed by atoms with E-state index in [4.69, 9.17) is 9.72 Å². The van der Waals surface area contributed by atoms with Gasteiger partial charge in [-0.1, -0.05) is 23.8 Å². The number of ketones is 1. The zero-order valence-electron chi connectivity index (χ0n) is 21.4. The molecule has 1 aliphatic rings. The number of aryl methyl sites for hydroxylation is 3. The second-order valence-corrected chi connectivity index (χ2v) is 11.3. The zero-order chi connectivity index (χ0) is 26.7. The average Bonchev–Trinajstić information content (AvgIpc) is 2.86. The van der Waals surface area contributed by atoms with Crippen LogP contribution in [-0.2, 0) is 14.8 Å². The van der Waals surface area contributed by atoms with Crippen LogP contribution < -0.4 is 9.46 Å². The summed E-state index contributed by atoms with van der Waals surface area (Å²) in [5, 5.41) is -0.261. The van der Waals surface area contributed by atoms with E-state index in [1.165, 1.54) is 18.3 Å². The summed E-state index contributed by atoms with van der Waals surface area (Å²) in [5.41, 5.74) is 3.58. The third kappa shape index (κ3) is 6.05. The molecule has 1 aliphatic carbocycles. The lowest BCUT2D eigenvalue weighted by atomic mass is 9.79. The number of hydrogen-bond acceptors (Lipinski definition) is 7. The van der Waals surface area contributed by atoms with Gasteiger partial charge >= 0.3 is 0 Å². The molecule has 0 unspecified atom stereocenters. The SMILES string of the molecule is CC(=O)C1CCC(c2ccc(C(=O)NS(=O)(=O)c3ccccn3)c(Oc3c(C)cc(C)cc3C)n2)CC1. The highest BCUT2D eigenvalue weighted by molar-refractivity contribution is 7.90. The highest BCUT2D eigenvalue weighted by Crippen LogP contribution is 2.38. The van der Waals surface area contributed by atoms with E-state index in [1.54, 1.807) is 25.1 Å². The second-order valence-electron chi connectivity index (χ2n) is 9.68. The highest BCUT2D eigenvalue weighted by atomic mass is 32.2. The normalized spacial score (nSPS) is 17.7. The molecule has 0 saturated heterocycles. The maximum Gasteiger partial charge on any atom is 0.281 e. The molecular formula is C28H31N3O5S. The molecule has 4 rings (SSSR count). The van der Waals surface area contributed by atoms with E-state index >= 15 is 0 Å². The topological polar surface area (TPSA) is 115 Å².